The van der Waals surface area contributed by atoms with Gasteiger partial charge in [-0.3, -0.25) is 0 Å². The summed E-state index contributed by atoms with van der Waals surface area (Å²) >= 11 is 0. The molecule has 7 aromatic carbocycles. The van der Waals surface area contributed by atoms with E-state index in [2.05, 4.69) is 140 Å². The summed E-state index contributed by atoms with van der Waals surface area (Å²) in [5.41, 5.74) is 2.16. The Morgan fingerprint density at radius 1 is 0.500 bits per heavy atom. The molecule has 2 saturated heterocycles. The van der Waals surface area contributed by atoms with E-state index in [0.29, 0.717) is 0 Å². The van der Waals surface area contributed by atoms with Crippen molar-refractivity contribution in [3.63, 3.8) is 0 Å². The average Bonchev–Trinajstić information content (AvgIpc) is 3.60. The minimum Gasteiger partial charge on any atom is -0.382 e. The van der Waals surface area contributed by atoms with Crippen molar-refractivity contribution in [2.24, 2.45) is 0 Å². The average molecular weight is 980 g/mol. The largest absolute Gasteiger partial charge is 3.00 e. The molecule has 64 heavy (non-hydrogen) atoms. The maximum absolute atomic E-state index is 7.84. The molecule has 9 heteroatoms. The van der Waals surface area contributed by atoms with E-state index in [4.69, 9.17) is 27.8 Å². The van der Waals surface area contributed by atoms with Crippen LogP contribution in [0.2, 0.25) is 0 Å². The molecule has 2 aliphatic heterocycles. The zero-order chi connectivity index (χ0) is 41.7. The fourth-order valence-corrected chi connectivity index (χ4v) is 14.4. The van der Waals surface area contributed by atoms with Crippen LogP contribution in [-0.2, 0) is 58.5 Å². The number of hydrogen-bond acceptors (Lipinski definition) is 6. The van der Waals surface area contributed by atoms with Crippen LogP contribution in [0.15, 0.2) is 212 Å². The fourth-order valence-electron chi connectivity index (χ4n) is 9.25. The van der Waals surface area contributed by atoms with E-state index < -0.39 is 51.8 Å². The third kappa shape index (κ3) is 9.67. The second-order valence-electron chi connectivity index (χ2n) is 16.0. The van der Waals surface area contributed by atoms with Crippen LogP contribution in [0, 0.1) is 14.9 Å². The maximum atomic E-state index is 7.84. The zero-order valence-corrected chi connectivity index (χ0v) is 40.6. The van der Waals surface area contributed by atoms with Gasteiger partial charge in [-0.2, -0.15) is 13.6 Å². The summed E-state index contributed by atoms with van der Waals surface area (Å²) in [6.45, 7) is 4.23. The molecule has 9 rings (SSSR count). The zero-order valence-electron chi connectivity index (χ0n) is 37.0. The SMILES string of the molecule is COC[C@H](O[PH+]1OC(c2ccccc2)(c2ccccc2)[C@H]2OC(C)(C)O[C@@H]2C(c2ccccc2)(c2ccccc2)O1)[C@@H](c1ccccc1)[PH+](c1ccccc1)c1ccccc1.[CH3-].[CH3-].[Rh+3]. The van der Waals surface area contributed by atoms with Gasteiger partial charge in [0.1, 0.15) is 17.9 Å². The molecule has 0 spiro atoms. The van der Waals surface area contributed by atoms with E-state index in [0.717, 1.165) is 27.8 Å². The van der Waals surface area contributed by atoms with Gasteiger partial charge < -0.3 is 29.1 Å². The fraction of sp³-hybridized carbons (Fsp3) is 0.200. The van der Waals surface area contributed by atoms with Crippen molar-refractivity contribution in [3.8, 4) is 0 Å². The van der Waals surface area contributed by atoms with Gasteiger partial charge in [0.05, 0.1) is 25.1 Å². The van der Waals surface area contributed by atoms with E-state index in [1.807, 2.05) is 86.6 Å². The molecule has 0 aliphatic carbocycles. The summed E-state index contributed by atoms with van der Waals surface area (Å²) in [7, 11) is -2.72. The predicted molar refractivity (Wildman–Crippen MR) is 261 cm³/mol. The van der Waals surface area contributed by atoms with Crippen molar-refractivity contribution in [2.45, 2.75) is 54.8 Å². The Balaban J connectivity index is 0.00000227. The molecular formula is C55H58O6P2Rh+3. The molecule has 0 N–H and O–H groups in total. The Bertz CT molecular complexity index is 2210. The van der Waals surface area contributed by atoms with Crippen LogP contribution in [-0.4, -0.2) is 37.8 Å². The molecule has 2 aliphatic rings. The molecule has 2 heterocycles. The Morgan fingerprint density at radius 3 is 1.14 bits per heavy atom. The smallest absolute Gasteiger partial charge is 0.382 e. The first-order valence-electron chi connectivity index (χ1n) is 20.9. The van der Waals surface area contributed by atoms with E-state index in [1.54, 1.807) is 7.11 Å². The van der Waals surface area contributed by atoms with Gasteiger partial charge in [0, 0.05) is 7.11 Å². The second kappa shape index (κ2) is 21.8. The van der Waals surface area contributed by atoms with Gasteiger partial charge in [0.25, 0.3) is 0 Å². The standard InChI is InChI=1S/C53H51O6P2.2CH3.Rh/c1-51(2)55-49-50(56-51)53(43-31-17-7-18-32-43,44-33-19-8-20-34-44)59-61(58-52(49,41-27-13-5-14-28-41)42-29-15-6-16-30-42)57-47(39-54-3)48(40-25-11-4-12-26-40)60(45-35-21-9-22-36-45)46-37-23-10-24-38-46;;;/h4-38,47-50,61H,39H2,1-3H3;2*1H3;/q+1;2*-1;+3/p+1/t47-,48+,49-,50-;;;/m0.../s1. The molecule has 0 unspecified atom stereocenters. The minimum atomic E-state index is -2.85. The van der Waals surface area contributed by atoms with Crippen LogP contribution in [0.5, 0.6) is 0 Å². The van der Waals surface area contributed by atoms with Crippen molar-refractivity contribution < 1.29 is 47.3 Å². The van der Waals surface area contributed by atoms with Gasteiger partial charge in [-0.05, 0) is 65.9 Å². The minimum absolute atomic E-state index is 0. The van der Waals surface area contributed by atoms with Gasteiger partial charge in [0.15, 0.2) is 23.1 Å². The Hall–Kier alpha value is -4.22. The normalized spacial score (nSPS) is 19.4. The predicted octanol–water partition coefficient (Wildman–Crippen LogP) is 11.9. The monoisotopic (exact) mass is 979 g/mol. The van der Waals surface area contributed by atoms with Crippen molar-refractivity contribution >= 4 is 27.1 Å². The second-order valence-corrected chi connectivity index (χ2v) is 19.8. The molecule has 7 aromatic rings. The Kier molecular flexibility index (Phi) is 16.8. The van der Waals surface area contributed by atoms with Crippen LogP contribution in [0.1, 0.15) is 47.3 Å². The van der Waals surface area contributed by atoms with Crippen molar-refractivity contribution in [1.29, 1.82) is 0 Å². The van der Waals surface area contributed by atoms with Crippen molar-refractivity contribution in [1.82, 2.24) is 0 Å². The van der Waals surface area contributed by atoms with Gasteiger partial charge in [-0.15, -0.1) is 0 Å². The third-order valence-corrected chi connectivity index (χ3v) is 16.5. The van der Waals surface area contributed by atoms with Crippen LogP contribution >= 0.6 is 16.5 Å². The first-order chi connectivity index (χ1) is 29.9. The van der Waals surface area contributed by atoms with E-state index in [-0.39, 0.29) is 46.6 Å². The number of hydrogen-bond donors (Lipinski definition) is 0. The molecule has 6 nitrogen and oxygen atoms in total. The number of fused-ring (bicyclic) bond motifs is 1. The van der Waals surface area contributed by atoms with Crippen LogP contribution in [0.3, 0.4) is 0 Å². The first-order valence-corrected chi connectivity index (χ1v) is 23.7. The quantitative estimate of drug-likeness (QED) is 0.0652. The summed E-state index contributed by atoms with van der Waals surface area (Å²) in [6, 6.07) is 73.8. The molecule has 4 atom stereocenters. The van der Waals surface area contributed by atoms with Gasteiger partial charge in [-0.1, -0.05) is 188 Å². The molecule has 330 valence electrons. The van der Waals surface area contributed by atoms with Gasteiger partial charge >= 0.3 is 28.1 Å². The van der Waals surface area contributed by atoms with E-state index >= 15 is 0 Å². The number of rotatable bonds is 13. The molecular weight excluding hydrogens is 921 g/mol. The summed E-state index contributed by atoms with van der Waals surface area (Å²) < 4.78 is 44.1. The van der Waals surface area contributed by atoms with Crippen molar-refractivity contribution in [2.75, 3.05) is 13.7 Å². The van der Waals surface area contributed by atoms with Gasteiger partial charge in [-0.25, -0.2) is 0 Å². The first kappa shape index (κ1) is 49.2. The molecule has 2 fully saturated rings. The Labute approximate surface area is 395 Å². The summed E-state index contributed by atoms with van der Waals surface area (Å²) in [4.78, 5) is 0. The number of ether oxygens (including phenoxy) is 3. The van der Waals surface area contributed by atoms with Crippen LogP contribution < -0.4 is 10.6 Å². The summed E-state index contributed by atoms with van der Waals surface area (Å²) in [5.74, 6) is -1.00. The third-order valence-electron chi connectivity index (χ3n) is 11.8. The molecule has 0 saturated carbocycles. The topological polar surface area (TPSA) is 55.4 Å². The van der Waals surface area contributed by atoms with Crippen LogP contribution in [0.25, 0.3) is 0 Å². The number of benzene rings is 7. The van der Waals surface area contributed by atoms with Crippen LogP contribution in [0.4, 0.5) is 0 Å². The molecule has 0 amide bonds. The van der Waals surface area contributed by atoms with Gasteiger partial charge in [0.2, 0.25) is 0 Å². The summed E-state index contributed by atoms with van der Waals surface area (Å²) in [5, 5.41) is 2.53. The van der Waals surface area contributed by atoms with Crippen molar-refractivity contribution in [3.05, 3.63) is 255 Å². The van der Waals surface area contributed by atoms with E-state index in [9.17, 15) is 0 Å². The molecule has 0 bridgehead atoms. The maximum Gasteiger partial charge on any atom is 3.00 e. The number of methoxy groups -OCH3 is 1. The molecule has 0 aromatic heterocycles. The Morgan fingerprint density at radius 2 is 0.812 bits per heavy atom. The molecule has 0 radical (unpaired) electrons. The summed E-state index contributed by atoms with van der Waals surface area (Å²) in [6.07, 6.45) is -1.93. The van der Waals surface area contributed by atoms with E-state index in [1.165, 1.54) is 10.6 Å².